The van der Waals surface area contributed by atoms with Crippen molar-refractivity contribution in [3.05, 3.63) is 47.2 Å². The van der Waals surface area contributed by atoms with Crippen LogP contribution in [0.4, 0.5) is 5.82 Å². The SMILES string of the molecule is CCN(CC)C(=O)CN1CCCC(c2nc(C)c3c(n2)N(Cc2ccccn2)CCC3)C1. The van der Waals surface area contributed by atoms with Crippen molar-refractivity contribution in [2.75, 3.05) is 44.2 Å². The van der Waals surface area contributed by atoms with Gasteiger partial charge in [-0.25, -0.2) is 9.97 Å². The number of aromatic nitrogens is 3. The summed E-state index contributed by atoms with van der Waals surface area (Å²) in [6.45, 7) is 11.8. The van der Waals surface area contributed by atoms with Crippen molar-refractivity contribution in [1.29, 1.82) is 0 Å². The molecule has 0 aliphatic carbocycles. The zero-order valence-electron chi connectivity index (χ0n) is 19.8. The Morgan fingerprint density at radius 1 is 1.16 bits per heavy atom. The summed E-state index contributed by atoms with van der Waals surface area (Å²) in [5, 5.41) is 0. The number of piperidine rings is 1. The number of rotatable bonds is 7. The average Bonchev–Trinajstić information content (AvgIpc) is 2.81. The molecule has 172 valence electrons. The van der Waals surface area contributed by atoms with Gasteiger partial charge < -0.3 is 9.80 Å². The number of likely N-dealkylation sites (N-methyl/N-ethyl adjacent to an activating group) is 1. The Bertz CT molecular complexity index is 914. The topological polar surface area (TPSA) is 65.5 Å². The summed E-state index contributed by atoms with van der Waals surface area (Å²) in [6.07, 6.45) is 6.16. The first-order valence-electron chi connectivity index (χ1n) is 12.1. The molecule has 4 heterocycles. The number of carbonyl (C=O) groups excluding carboxylic acids is 1. The molecule has 2 aliphatic rings. The molecule has 2 aromatic heterocycles. The summed E-state index contributed by atoms with van der Waals surface area (Å²) in [5.74, 6) is 2.52. The molecular formula is C25H36N6O. The number of fused-ring (bicyclic) bond motifs is 1. The number of aryl methyl sites for hydroxylation is 1. The van der Waals surface area contributed by atoms with E-state index in [4.69, 9.17) is 9.97 Å². The number of amides is 1. The van der Waals surface area contributed by atoms with Crippen molar-refractivity contribution in [1.82, 2.24) is 24.8 Å². The van der Waals surface area contributed by atoms with Crippen LogP contribution in [0.1, 0.15) is 61.8 Å². The number of nitrogens with zero attached hydrogens (tertiary/aromatic N) is 6. The summed E-state index contributed by atoms with van der Waals surface area (Å²) < 4.78 is 0. The molecule has 1 saturated heterocycles. The Hall–Kier alpha value is -2.54. The normalized spacial score (nSPS) is 19.0. The summed E-state index contributed by atoms with van der Waals surface area (Å²) in [5.41, 5.74) is 3.45. The van der Waals surface area contributed by atoms with E-state index in [0.29, 0.717) is 6.54 Å². The fourth-order valence-corrected chi connectivity index (χ4v) is 5.01. The van der Waals surface area contributed by atoms with Crippen LogP contribution >= 0.6 is 0 Å². The standard InChI is InChI=1S/C25H36N6O/c1-4-30(5-2)23(32)18-29-14-8-10-20(16-29)24-27-19(3)22-12-9-15-31(25(22)28-24)17-21-11-6-7-13-26-21/h6-7,11,13,20H,4-5,8-10,12,14-18H2,1-3H3. The third-order valence-corrected chi connectivity index (χ3v) is 6.79. The first-order chi connectivity index (χ1) is 15.6. The lowest BCUT2D eigenvalue weighted by Crippen LogP contribution is -2.44. The first kappa shape index (κ1) is 22.6. The van der Waals surface area contributed by atoms with Crippen LogP contribution in [0.25, 0.3) is 0 Å². The number of pyridine rings is 1. The molecule has 1 amide bonds. The van der Waals surface area contributed by atoms with Crippen molar-refractivity contribution < 1.29 is 4.79 Å². The van der Waals surface area contributed by atoms with Crippen LogP contribution in [-0.4, -0.2) is 69.9 Å². The van der Waals surface area contributed by atoms with Crippen molar-refractivity contribution in [3.8, 4) is 0 Å². The molecule has 0 radical (unpaired) electrons. The molecular weight excluding hydrogens is 400 g/mol. The molecule has 1 fully saturated rings. The molecule has 2 aromatic rings. The third kappa shape index (κ3) is 5.09. The van der Waals surface area contributed by atoms with Crippen molar-refractivity contribution in [2.45, 2.75) is 58.9 Å². The molecule has 32 heavy (non-hydrogen) atoms. The molecule has 0 saturated carbocycles. The lowest BCUT2D eigenvalue weighted by atomic mass is 9.96. The maximum Gasteiger partial charge on any atom is 0.236 e. The maximum atomic E-state index is 12.6. The van der Waals surface area contributed by atoms with E-state index in [1.54, 1.807) is 0 Å². The lowest BCUT2D eigenvalue weighted by Gasteiger charge is -2.35. The van der Waals surface area contributed by atoms with Gasteiger partial charge >= 0.3 is 0 Å². The minimum absolute atomic E-state index is 0.222. The van der Waals surface area contributed by atoms with Gasteiger partial charge in [0.15, 0.2) is 0 Å². The number of anilines is 1. The Balaban J connectivity index is 1.52. The van der Waals surface area contributed by atoms with Gasteiger partial charge in [0.1, 0.15) is 11.6 Å². The van der Waals surface area contributed by atoms with Gasteiger partial charge in [-0.3, -0.25) is 14.7 Å². The monoisotopic (exact) mass is 436 g/mol. The van der Waals surface area contributed by atoms with E-state index in [9.17, 15) is 4.79 Å². The van der Waals surface area contributed by atoms with E-state index < -0.39 is 0 Å². The second-order valence-corrected chi connectivity index (χ2v) is 8.96. The van der Waals surface area contributed by atoms with E-state index >= 15 is 0 Å². The molecule has 0 aromatic carbocycles. The summed E-state index contributed by atoms with van der Waals surface area (Å²) in [6, 6.07) is 6.08. The zero-order valence-corrected chi connectivity index (χ0v) is 19.8. The fourth-order valence-electron chi connectivity index (χ4n) is 5.01. The van der Waals surface area contributed by atoms with Crippen LogP contribution in [-0.2, 0) is 17.8 Å². The summed E-state index contributed by atoms with van der Waals surface area (Å²) in [4.78, 5) is 33.8. The van der Waals surface area contributed by atoms with Crippen LogP contribution < -0.4 is 4.90 Å². The van der Waals surface area contributed by atoms with E-state index in [-0.39, 0.29) is 11.8 Å². The highest BCUT2D eigenvalue weighted by atomic mass is 16.2. The average molecular weight is 437 g/mol. The quantitative estimate of drug-likeness (QED) is 0.664. The number of carbonyl (C=O) groups is 1. The summed E-state index contributed by atoms with van der Waals surface area (Å²) >= 11 is 0. The maximum absolute atomic E-state index is 12.6. The van der Waals surface area contributed by atoms with Gasteiger partial charge in [-0.2, -0.15) is 0 Å². The van der Waals surface area contributed by atoms with Crippen LogP contribution in [0.2, 0.25) is 0 Å². The van der Waals surface area contributed by atoms with Crippen LogP contribution in [0, 0.1) is 6.92 Å². The molecule has 7 nitrogen and oxygen atoms in total. The van der Waals surface area contributed by atoms with Crippen molar-refractivity contribution >= 4 is 11.7 Å². The Morgan fingerprint density at radius 3 is 2.75 bits per heavy atom. The molecule has 0 spiro atoms. The Morgan fingerprint density at radius 2 is 2.00 bits per heavy atom. The highest BCUT2D eigenvalue weighted by molar-refractivity contribution is 5.78. The van der Waals surface area contributed by atoms with Crippen LogP contribution in [0.3, 0.4) is 0 Å². The van der Waals surface area contributed by atoms with E-state index in [1.807, 2.05) is 37.1 Å². The lowest BCUT2D eigenvalue weighted by molar-refractivity contribution is -0.132. The predicted molar refractivity (Wildman–Crippen MR) is 127 cm³/mol. The molecule has 0 bridgehead atoms. The number of likely N-dealkylation sites (tertiary alicyclic amines) is 1. The van der Waals surface area contributed by atoms with Gasteiger partial charge in [0, 0.05) is 49.6 Å². The fraction of sp³-hybridized carbons (Fsp3) is 0.600. The van der Waals surface area contributed by atoms with Crippen molar-refractivity contribution in [3.63, 3.8) is 0 Å². The van der Waals surface area contributed by atoms with Gasteiger partial charge in [-0.15, -0.1) is 0 Å². The third-order valence-electron chi connectivity index (χ3n) is 6.79. The Kier molecular flexibility index (Phi) is 7.35. The van der Waals surface area contributed by atoms with Gasteiger partial charge in [0.05, 0.1) is 18.8 Å². The molecule has 2 aliphatic heterocycles. The second-order valence-electron chi connectivity index (χ2n) is 8.96. The van der Waals surface area contributed by atoms with Crippen LogP contribution in [0.5, 0.6) is 0 Å². The Labute approximate surface area is 191 Å². The second kappa shape index (κ2) is 10.4. The highest BCUT2D eigenvalue weighted by Crippen LogP contribution is 2.32. The minimum Gasteiger partial charge on any atom is -0.350 e. The largest absolute Gasteiger partial charge is 0.350 e. The summed E-state index contributed by atoms with van der Waals surface area (Å²) in [7, 11) is 0. The van der Waals surface area contributed by atoms with Crippen LogP contribution in [0.15, 0.2) is 24.4 Å². The minimum atomic E-state index is 0.222. The molecule has 1 atom stereocenters. The van der Waals surface area contributed by atoms with Crippen molar-refractivity contribution in [2.24, 2.45) is 0 Å². The van der Waals surface area contributed by atoms with E-state index in [0.717, 1.165) is 88.0 Å². The molecule has 1 unspecified atom stereocenters. The van der Waals surface area contributed by atoms with Gasteiger partial charge in [-0.05, 0) is 65.1 Å². The van der Waals surface area contributed by atoms with Gasteiger partial charge in [0.2, 0.25) is 5.91 Å². The van der Waals surface area contributed by atoms with Gasteiger partial charge in [0.25, 0.3) is 0 Å². The molecule has 0 N–H and O–H groups in total. The number of hydrogen-bond donors (Lipinski definition) is 0. The highest BCUT2D eigenvalue weighted by Gasteiger charge is 2.29. The molecule has 7 heteroatoms. The van der Waals surface area contributed by atoms with E-state index in [1.165, 1.54) is 5.56 Å². The van der Waals surface area contributed by atoms with Gasteiger partial charge in [-0.1, -0.05) is 6.07 Å². The first-order valence-corrected chi connectivity index (χ1v) is 12.1. The van der Waals surface area contributed by atoms with E-state index in [2.05, 4.69) is 27.8 Å². The molecule has 4 rings (SSSR count). The smallest absolute Gasteiger partial charge is 0.236 e. The predicted octanol–water partition coefficient (Wildman–Crippen LogP) is 3.18. The number of hydrogen-bond acceptors (Lipinski definition) is 6. The zero-order chi connectivity index (χ0) is 22.5.